The van der Waals surface area contributed by atoms with Gasteiger partial charge < -0.3 is 10.5 Å². The summed E-state index contributed by atoms with van der Waals surface area (Å²) in [5, 5.41) is -0.744. The lowest BCUT2D eigenvalue weighted by Crippen LogP contribution is -2.33. The van der Waals surface area contributed by atoms with Crippen LogP contribution in [0.3, 0.4) is 0 Å². The van der Waals surface area contributed by atoms with Crippen molar-refractivity contribution in [3.8, 4) is 0 Å². The fourth-order valence-electron chi connectivity index (χ4n) is 2.37. The van der Waals surface area contributed by atoms with Gasteiger partial charge in [0.25, 0.3) is 10.1 Å². The second-order valence-corrected chi connectivity index (χ2v) is 8.56. The van der Waals surface area contributed by atoms with Gasteiger partial charge in [-0.05, 0) is 31.2 Å². The average Bonchev–Trinajstić information content (AvgIpc) is 2.60. The molecule has 6 nitrogen and oxygen atoms in total. The summed E-state index contributed by atoms with van der Waals surface area (Å²) in [5.74, 6) is 0.0804. The van der Waals surface area contributed by atoms with E-state index < -0.39 is 21.4 Å². The molecule has 1 aliphatic rings. The molecule has 1 aromatic rings. The maximum atomic E-state index is 11.5. The summed E-state index contributed by atoms with van der Waals surface area (Å²) >= 11 is 0. The Kier molecular flexibility index (Phi) is 9.41. The second kappa shape index (κ2) is 11.0. The topological polar surface area (TPSA) is 107 Å². The van der Waals surface area contributed by atoms with Crippen molar-refractivity contribution in [1.29, 1.82) is 0 Å². The second-order valence-electron chi connectivity index (χ2n) is 6.93. The summed E-state index contributed by atoms with van der Waals surface area (Å²) in [5.41, 5.74) is 7.72. The molecule has 0 spiro atoms. The molecule has 0 bridgehead atoms. The van der Waals surface area contributed by atoms with E-state index in [1.54, 1.807) is 12.2 Å². The number of esters is 1. The number of carbonyl (C=O) groups is 1. The maximum absolute atomic E-state index is 11.5. The molecule has 2 atom stereocenters. The van der Waals surface area contributed by atoms with Crippen LogP contribution in [-0.4, -0.2) is 30.2 Å². The molecule has 0 heterocycles. The van der Waals surface area contributed by atoms with Crippen LogP contribution in [0.5, 0.6) is 0 Å². The lowest BCUT2D eigenvalue weighted by Gasteiger charge is -2.13. The van der Waals surface area contributed by atoms with Gasteiger partial charge in [-0.1, -0.05) is 68.0 Å². The Bertz CT molecular complexity index is 754. The lowest BCUT2D eigenvalue weighted by molar-refractivity contribution is -0.146. The number of carbonyl (C=O) groups excluding carboxylic acids is 1. The van der Waals surface area contributed by atoms with Gasteiger partial charge >= 0.3 is 5.97 Å². The Morgan fingerprint density at radius 1 is 1.30 bits per heavy atom. The Morgan fingerprint density at radius 3 is 2.41 bits per heavy atom. The molecule has 7 heteroatoms. The number of hydrogen-bond acceptors (Lipinski definition) is 5. The molecule has 1 aliphatic carbocycles. The number of ether oxygens (including phenoxy) is 1. The number of benzene rings is 1. The molecule has 0 aromatic heterocycles. The first-order valence-electron chi connectivity index (χ1n) is 8.87. The minimum atomic E-state index is -3.88. The molecular weight excluding hydrogens is 366 g/mol. The largest absolute Gasteiger partial charge is 0.460 e. The zero-order chi connectivity index (χ0) is 20.4. The van der Waals surface area contributed by atoms with Gasteiger partial charge in [-0.2, -0.15) is 8.42 Å². The fourth-order valence-corrected chi connectivity index (χ4v) is 2.99. The van der Waals surface area contributed by atoms with E-state index in [0.29, 0.717) is 25.4 Å². The highest BCUT2D eigenvalue weighted by atomic mass is 32.2. The maximum Gasteiger partial charge on any atom is 0.323 e. The molecule has 0 saturated heterocycles. The summed E-state index contributed by atoms with van der Waals surface area (Å²) in [4.78, 5) is 11.5. The fraction of sp³-hybridized carbons (Fsp3) is 0.450. The van der Waals surface area contributed by atoms with E-state index in [-0.39, 0.29) is 5.97 Å². The first-order chi connectivity index (χ1) is 12.6. The average molecular weight is 396 g/mol. The van der Waals surface area contributed by atoms with E-state index in [2.05, 4.69) is 0 Å². The number of rotatable bonds is 6. The van der Waals surface area contributed by atoms with Gasteiger partial charge in [0.2, 0.25) is 0 Å². The minimum Gasteiger partial charge on any atom is -0.460 e. The molecule has 2 rings (SSSR count). The van der Waals surface area contributed by atoms with Crippen LogP contribution in [0.2, 0.25) is 0 Å². The van der Waals surface area contributed by atoms with E-state index in [1.807, 2.05) is 51.1 Å². The molecule has 3 N–H and O–H groups in total. The van der Waals surface area contributed by atoms with Gasteiger partial charge in [0.1, 0.15) is 17.9 Å². The van der Waals surface area contributed by atoms with Crippen molar-refractivity contribution in [3.63, 3.8) is 0 Å². The first kappa shape index (κ1) is 23.1. The summed E-state index contributed by atoms with van der Waals surface area (Å²) in [6.07, 6.45) is 6.03. The molecule has 0 amide bonds. The van der Waals surface area contributed by atoms with E-state index >= 15 is 0 Å². The summed E-state index contributed by atoms with van der Waals surface area (Å²) in [7, 11) is -3.88. The van der Waals surface area contributed by atoms with Crippen LogP contribution in [0.15, 0.2) is 54.1 Å². The van der Waals surface area contributed by atoms with Gasteiger partial charge in [-0.3, -0.25) is 9.35 Å². The SMILES string of the molecule is CC(C)C[C@H](N)C(=O)OCc1ccccc1.CC1=CCC(S(=O)(=O)O)C=C1. The van der Waals surface area contributed by atoms with Gasteiger partial charge in [0, 0.05) is 0 Å². The smallest absolute Gasteiger partial charge is 0.323 e. The summed E-state index contributed by atoms with van der Waals surface area (Å²) < 4.78 is 34.9. The predicted octanol–water partition coefficient (Wildman–Crippen LogP) is 3.25. The number of hydrogen-bond donors (Lipinski definition) is 2. The zero-order valence-corrected chi connectivity index (χ0v) is 16.9. The molecule has 0 radical (unpaired) electrons. The first-order valence-corrected chi connectivity index (χ1v) is 10.4. The molecule has 0 fully saturated rings. The summed E-state index contributed by atoms with van der Waals surface area (Å²) in [6.45, 7) is 6.25. The van der Waals surface area contributed by atoms with Gasteiger partial charge in [0.15, 0.2) is 0 Å². The van der Waals surface area contributed by atoms with E-state index in [0.717, 1.165) is 11.1 Å². The van der Waals surface area contributed by atoms with Crippen LogP contribution in [0.25, 0.3) is 0 Å². The highest BCUT2D eigenvalue weighted by Gasteiger charge is 2.20. The minimum absolute atomic E-state index is 0.297. The van der Waals surface area contributed by atoms with Crippen LogP contribution >= 0.6 is 0 Å². The molecule has 1 aromatic carbocycles. The van der Waals surface area contributed by atoms with E-state index in [4.69, 9.17) is 15.0 Å². The molecule has 27 heavy (non-hydrogen) atoms. The van der Waals surface area contributed by atoms with Gasteiger partial charge in [0.05, 0.1) is 0 Å². The van der Waals surface area contributed by atoms with Crippen molar-refractivity contribution < 1.29 is 22.5 Å². The van der Waals surface area contributed by atoms with Gasteiger partial charge in [-0.25, -0.2) is 0 Å². The van der Waals surface area contributed by atoms with Crippen molar-refractivity contribution in [2.45, 2.75) is 51.5 Å². The van der Waals surface area contributed by atoms with Crippen molar-refractivity contribution in [2.75, 3.05) is 0 Å². The molecule has 150 valence electrons. The van der Waals surface area contributed by atoms with Crippen molar-refractivity contribution in [2.24, 2.45) is 11.7 Å². The standard InChI is InChI=1S/C13H19NO2.C7H10O3S/c1-10(2)8-12(14)13(15)16-9-11-6-4-3-5-7-11;1-6-2-4-7(5-3-6)11(8,9)10/h3-7,10,12H,8-9,14H2,1-2H3;2-4,7H,5H2,1H3,(H,8,9,10)/t12-;/m0./s1. The van der Waals surface area contributed by atoms with Gasteiger partial charge in [-0.15, -0.1) is 0 Å². The molecule has 1 unspecified atom stereocenters. The Hall–Kier alpha value is -1.96. The predicted molar refractivity (Wildman–Crippen MR) is 107 cm³/mol. The van der Waals surface area contributed by atoms with Crippen LogP contribution in [0, 0.1) is 5.92 Å². The normalized spacial score (nSPS) is 17.6. The van der Waals surface area contributed by atoms with Crippen LogP contribution < -0.4 is 5.73 Å². The van der Waals surface area contributed by atoms with Crippen molar-refractivity contribution >= 4 is 16.1 Å². The Balaban J connectivity index is 0.000000289. The molecule has 0 saturated carbocycles. The van der Waals surface area contributed by atoms with Crippen LogP contribution in [-0.2, 0) is 26.3 Å². The highest BCUT2D eigenvalue weighted by molar-refractivity contribution is 7.86. The molecule has 0 aliphatic heterocycles. The monoisotopic (exact) mass is 395 g/mol. The van der Waals surface area contributed by atoms with Crippen LogP contribution in [0.1, 0.15) is 39.2 Å². The third kappa shape index (κ3) is 9.51. The quantitative estimate of drug-likeness (QED) is 0.566. The Morgan fingerprint density at radius 2 is 1.93 bits per heavy atom. The van der Waals surface area contributed by atoms with Crippen LogP contribution in [0.4, 0.5) is 0 Å². The van der Waals surface area contributed by atoms with E-state index in [9.17, 15) is 13.2 Å². The number of allylic oxidation sites excluding steroid dienone is 3. The van der Waals surface area contributed by atoms with Crippen molar-refractivity contribution in [3.05, 3.63) is 59.7 Å². The third-order valence-electron chi connectivity index (χ3n) is 3.88. The highest BCUT2D eigenvalue weighted by Crippen LogP contribution is 2.15. The lowest BCUT2D eigenvalue weighted by atomic mass is 10.1. The molecular formula is C20H29NO5S. The van der Waals surface area contributed by atoms with E-state index in [1.165, 1.54) is 6.08 Å². The zero-order valence-electron chi connectivity index (χ0n) is 16.0. The third-order valence-corrected chi connectivity index (χ3v) is 5.00. The number of nitrogens with two attached hydrogens (primary N) is 1. The Labute approximate surface area is 161 Å². The summed E-state index contributed by atoms with van der Waals surface area (Å²) in [6, 6.07) is 9.08. The van der Waals surface area contributed by atoms with Crippen molar-refractivity contribution in [1.82, 2.24) is 0 Å².